The summed E-state index contributed by atoms with van der Waals surface area (Å²) in [4.78, 5) is 48.7. The van der Waals surface area contributed by atoms with E-state index in [1.165, 1.54) is 29.4 Å². The molecule has 0 spiro atoms. The Morgan fingerprint density at radius 1 is 0.894 bits per heavy atom. The van der Waals surface area contributed by atoms with Crippen LogP contribution in [0.4, 0.5) is 36.0 Å². The third kappa shape index (κ3) is 7.68. The normalized spacial score (nSPS) is 12.9. The number of anilines is 3. The van der Waals surface area contributed by atoms with Gasteiger partial charge in [-0.15, -0.1) is 0 Å². The summed E-state index contributed by atoms with van der Waals surface area (Å²) in [6.07, 6.45) is 0.497. The summed E-state index contributed by atoms with van der Waals surface area (Å²) in [5.74, 6) is -0.146. The van der Waals surface area contributed by atoms with E-state index in [4.69, 9.17) is 18.9 Å². The molecule has 3 heterocycles. The summed E-state index contributed by atoms with van der Waals surface area (Å²) >= 11 is 0. The summed E-state index contributed by atoms with van der Waals surface area (Å²) in [5, 5.41) is 5.75. The molecule has 0 saturated heterocycles. The van der Waals surface area contributed by atoms with Gasteiger partial charge in [0, 0.05) is 28.9 Å². The van der Waals surface area contributed by atoms with Gasteiger partial charge in [-0.3, -0.25) is 15.5 Å². The lowest BCUT2D eigenvalue weighted by atomic mass is 9.96. The van der Waals surface area contributed by atoms with Gasteiger partial charge in [-0.05, 0) is 83.7 Å². The number of nitrogens with one attached hydrogen (secondary N) is 2. The second-order valence-electron chi connectivity index (χ2n) is 12.8. The van der Waals surface area contributed by atoms with Gasteiger partial charge in [0.05, 0.1) is 12.2 Å². The van der Waals surface area contributed by atoms with Crippen molar-refractivity contribution in [1.82, 2.24) is 9.97 Å². The average Bonchev–Trinajstić information content (AvgIpc) is 2.97. The number of pyridine rings is 2. The number of fused-ring (bicyclic) bond motifs is 2. The van der Waals surface area contributed by atoms with E-state index < -0.39 is 35.3 Å². The van der Waals surface area contributed by atoms with Crippen LogP contribution < -0.4 is 25.0 Å². The molecule has 4 aromatic rings. The van der Waals surface area contributed by atoms with Crippen molar-refractivity contribution in [2.75, 3.05) is 28.7 Å². The maximum Gasteiger partial charge on any atom is 0.418 e. The molecular weight excluding hydrogens is 609 g/mol. The Kier molecular flexibility index (Phi) is 8.92. The number of halogens is 1. The Morgan fingerprint density at radius 3 is 2.28 bits per heavy atom. The van der Waals surface area contributed by atoms with E-state index in [1.807, 2.05) is 0 Å². The molecule has 47 heavy (non-hydrogen) atoms. The van der Waals surface area contributed by atoms with Crippen LogP contribution in [0.2, 0.25) is 0 Å². The highest BCUT2D eigenvalue weighted by Gasteiger charge is 2.32. The number of aromatic nitrogens is 2. The van der Waals surface area contributed by atoms with Gasteiger partial charge >= 0.3 is 18.3 Å². The van der Waals surface area contributed by atoms with E-state index >= 15 is 4.39 Å². The molecule has 2 N–H and O–H groups in total. The Labute approximate surface area is 271 Å². The lowest BCUT2D eigenvalue weighted by molar-refractivity contribution is 0.0564. The summed E-state index contributed by atoms with van der Waals surface area (Å²) in [6, 6.07) is 11.5. The minimum atomic E-state index is -0.881. The molecule has 12 nitrogen and oxygen atoms in total. The first-order valence-corrected chi connectivity index (χ1v) is 14.9. The molecule has 5 rings (SSSR count). The monoisotopic (exact) mass is 645 g/mol. The number of para-hydroxylation sites is 1. The number of amides is 3. The summed E-state index contributed by atoms with van der Waals surface area (Å²) in [6.45, 7) is 12.4. The fourth-order valence-electron chi connectivity index (χ4n) is 4.90. The predicted octanol–water partition coefficient (Wildman–Crippen LogP) is 7.84. The number of carbonyl (C=O) groups is 3. The maximum absolute atomic E-state index is 16.6. The van der Waals surface area contributed by atoms with Gasteiger partial charge in [-0.25, -0.2) is 28.7 Å². The van der Waals surface area contributed by atoms with Crippen molar-refractivity contribution in [3.63, 3.8) is 0 Å². The molecule has 246 valence electrons. The average molecular weight is 646 g/mol. The highest BCUT2D eigenvalue weighted by atomic mass is 19.1. The maximum atomic E-state index is 16.6. The first-order chi connectivity index (χ1) is 22.1. The van der Waals surface area contributed by atoms with Crippen LogP contribution in [0.3, 0.4) is 0 Å². The fourth-order valence-corrected chi connectivity index (χ4v) is 4.90. The van der Waals surface area contributed by atoms with Gasteiger partial charge in [0.2, 0.25) is 5.88 Å². The number of carbonyl (C=O) groups excluding carboxylic acids is 3. The van der Waals surface area contributed by atoms with Crippen molar-refractivity contribution in [3.8, 4) is 22.8 Å². The molecule has 0 bridgehead atoms. The van der Waals surface area contributed by atoms with Crippen molar-refractivity contribution >= 4 is 46.2 Å². The smallest absolute Gasteiger partial charge is 0.418 e. The van der Waals surface area contributed by atoms with Gasteiger partial charge in [0.1, 0.15) is 35.1 Å². The summed E-state index contributed by atoms with van der Waals surface area (Å²) in [5.41, 5.74) is -0.610. The van der Waals surface area contributed by atoms with Crippen molar-refractivity contribution in [3.05, 3.63) is 66.2 Å². The number of benzene rings is 2. The first-order valence-electron chi connectivity index (χ1n) is 14.9. The Hall–Kier alpha value is -5.46. The van der Waals surface area contributed by atoms with Gasteiger partial charge in [0.15, 0.2) is 5.82 Å². The van der Waals surface area contributed by atoms with Gasteiger partial charge in [-0.1, -0.05) is 18.2 Å². The molecule has 2 aromatic heterocycles. The molecule has 0 aliphatic carbocycles. The third-order valence-electron chi connectivity index (χ3n) is 6.77. The number of hydrogen-bond acceptors (Lipinski definition) is 9. The molecule has 13 heteroatoms. The first kappa shape index (κ1) is 32.9. The van der Waals surface area contributed by atoms with Crippen molar-refractivity contribution in [2.24, 2.45) is 0 Å². The largest absolute Gasteiger partial charge is 0.474 e. The topological polar surface area (TPSA) is 141 Å². The number of hydrogen-bond donors (Lipinski definition) is 2. The van der Waals surface area contributed by atoms with E-state index in [1.54, 1.807) is 78.8 Å². The van der Waals surface area contributed by atoms with Crippen LogP contribution in [-0.2, 0) is 9.47 Å². The lowest BCUT2D eigenvalue weighted by Crippen LogP contribution is -2.42. The third-order valence-corrected chi connectivity index (χ3v) is 6.77. The van der Waals surface area contributed by atoms with E-state index in [-0.39, 0.29) is 41.5 Å². The number of rotatable bonds is 4. The van der Waals surface area contributed by atoms with Gasteiger partial charge in [0.25, 0.3) is 0 Å². The molecule has 1 aliphatic heterocycles. The second kappa shape index (κ2) is 12.7. The quantitative estimate of drug-likeness (QED) is 0.227. The minimum Gasteiger partial charge on any atom is -0.474 e. The van der Waals surface area contributed by atoms with Crippen LogP contribution in [0.15, 0.2) is 54.9 Å². The molecule has 0 unspecified atom stereocenters. The molecule has 0 saturated carbocycles. The number of ether oxygens (including phenoxy) is 4. The molecule has 2 aromatic carbocycles. The molecular formula is C34H36FN5O7. The Bertz CT molecular complexity index is 1850. The molecule has 0 atom stereocenters. The van der Waals surface area contributed by atoms with Crippen LogP contribution in [0, 0.1) is 12.7 Å². The zero-order valence-corrected chi connectivity index (χ0v) is 27.2. The number of nitrogens with zero attached hydrogens (tertiary/aromatic N) is 3. The zero-order chi connectivity index (χ0) is 34.1. The SMILES string of the molecule is Cc1c(-c2cc3cc(NC(=O)Oc4ccccc4)ncc3c(NC(=O)OC(C)(C)C)c2F)cnc2c1N(C(=O)OC(C)(C)C)CCO2. The van der Waals surface area contributed by atoms with Crippen LogP contribution in [0.1, 0.15) is 47.1 Å². The Balaban J connectivity index is 1.61. The molecule has 3 amide bonds. The van der Waals surface area contributed by atoms with Gasteiger partial charge < -0.3 is 18.9 Å². The van der Waals surface area contributed by atoms with Crippen molar-refractivity contribution in [1.29, 1.82) is 0 Å². The van der Waals surface area contributed by atoms with Crippen molar-refractivity contribution in [2.45, 2.75) is 59.7 Å². The van der Waals surface area contributed by atoms with E-state index in [9.17, 15) is 14.4 Å². The predicted molar refractivity (Wildman–Crippen MR) is 175 cm³/mol. The fraction of sp³-hybridized carbons (Fsp3) is 0.324. The lowest BCUT2D eigenvalue weighted by Gasteiger charge is -2.32. The van der Waals surface area contributed by atoms with Crippen molar-refractivity contribution < 1.29 is 37.7 Å². The van der Waals surface area contributed by atoms with E-state index in [0.29, 0.717) is 28.0 Å². The highest BCUT2D eigenvalue weighted by molar-refractivity contribution is 6.05. The van der Waals surface area contributed by atoms with Crippen LogP contribution in [0.5, 0.6) is 11.6 Å². The Morgan fingerprint density at radius 2 is 1.60 bits per heavy atom. The van der Waals surface area contributed by atoms with Crippen LogP contribution in [0.25, 0.3) is 21.9 Å². The highest BCUT2D eigenvalue weighted by Crippen LogP contribution is 2.42. The van der Waals surface area contributed by atoms with E-state index in [0.717, 1.165) is 0 Å². The van der Waals surface area contributed by atoms with E-state index in [2.05, 4.69) is 20.6 Å². The standard InChI is InChI=1S/C34H36FN5O7/c1-19-23(17-37-29-28(19)40(13-14-44-29)32(43)47-34(5,6)7)22-15-20-16-25(38-30(41)45-21-11-9-8-10-12-21)36-18-24(20)27(26(22)35)39-31(42)46-33(2,3)4/h8-12,15-18H,13-14H2,1-7H3,(H,39,42)(H,36,38,41). The molecule has 1 aliphatic rings. The summed E-state index contributed by atoms with van der Waals surface area (Å²) in [7, 11) is 0. The summed E-state index contributed by atoms with van der Waals surface area (Å²) < 4.78 is 38.6. The minimum absolute atomic E-state index is 0.0510. The second-order valence-corrected chi connectivity index (χ2v) is 12.8. The van der Waals surface area contributed by atoms with Gasteiger partial charge in [-0.2, -0.15) is 0 Å². The van der Waals surface area contributed by atoms with Crippen LogP contribution >= 0.6 is 0 Å². The molecule has 0 radical (unpaired) electrons. The van der Waals surface area contributed by atoms with Crippen LogP contribution in [-0.4, -0.2) is 52.6 Å². The molecule has 0 fully saturated rings. The zero-order valence-electron chi connectivity index (χ0n) is 27.2.